The van der Waals surface area contributed by atoms with E-state index in [0.717, 1.165) is 66.8 Å². The third kappa shape index (κ3) is 7.02. The minimum Gasteiger partial charge on any atom is -0.455 e. The molecule has 0 unspecified atom stereocenters. The fraction of sp³-hybridized carbons (Fsp3) is 0. The SMILES string of the molecule is c1ccc(-c2ccc(-c3ccccc3N(c3ccc(-c4cccc5c4oc4ccccc45)cc3)c3cccc(-c4cccc5ccccc45)c3)c(-c3ccccc3-c3ccccc3)c2)cc1. The number of hydrogen-bond donors (Lipinski definition) is 0. The van der Waals surface area contributed by atoms with E-state index >= 15 is 0 Å². The van der Waals surface area contributed by atoms with Gasteiger partial charge < -0.3 is 9.32 Å². The van der Waals surface area contributed by atoms with Crippen LogP contribution in [0.3, 0.4) is 0 Å². The Morgan fingerprint density at radius 2 is 0.803 bits per heavy atom. The zero-order valence-corrected chi connectivity index (χ0v) is 36.2. The number of benzene rings is 11. The summed E-state index contributed by atoms with van der Waals surface area (Å²) in [6.07, 6.45) is 0. The molecule has 12 aromatic rings. The van der Waals surface area contributed by atoms with Gasteiger partial charge in [-0.25, -0.2) is 0 Å². The van der Waals surface area contributed by atoms with E-state index in [9.17, 15) is 0 Å². The molecular weight excluding hydrogens is 799 g/mol. The molecule has 0 aliphatic carbocycles. The Morgan fingerprint density at radius 3 is 1.64 bits per heavy atom. The molecule has 0 saturated heterocycles. The molecule has 66 heavy (non-hydrogen) atoms. The maximum absolute atomic E-state index is 6.52. The molecule has 11 aromatic carbocycles. The van der Waals surface area contributed by atoms with E-state index in [1.807, 2.05) is 12.1 Å². The van der Waals surface area contributed by atoms with Crippen molar-refractivity contribution in [3.63, 3.8) is 0 Å². The van der Waals surface area contributed by atoms with Crippen LogP contribution in [0.25, 0.3) is 99.5 Å². The van der Waals surface area contributed by atoms with Crippen LogP contribution in [-0.2, 0) is 0 Å². The summed E-state index contributed by atoms with van der Waals surface area (Å²) in [6.45, 7) is 0. The van der Waals surface area contributed by atoms with Crippen molar-refractivity contribution in [3.8, 4) is 66.8 Å². The Labute approximate surface area is 384 Å². The van der Waals surface area contributed by atoms with Crippen molar-refractivity contribution in [3.05, 3.63) is 261 Å². The molecule has 0 fully saturated rings. The predicted octanol–water partition coefficient (Wildman–Crippen LogP) is 18.2. The van der Waals surface area contributed by atoms with Gasteiger partial charge in [0, 0.05) is 33.3 Å². The predicted molar refractivity (Wildman–Crippen MR) is 279 cm³/mol. The van der Waals surface area contributed by atoms with E-state index in [1.165, 1.54) is 49.7 Å². The third-order valence-electron chi connectivity index (χ3n) is 12.9. The number of anilines is 3. The molecule has 2 nitrogen and oxygen atoms in total. The van der Waals surface area contributed by atoms with Crippen LogP contribution in [0, 0.1) is 0 Å². The van der Waals surface area contributed by atoms with Gasteiger partial charge >= 0.3 is 0 Å². The molecular formula is C64H43NO. The largest absolute Gasteiger partial charge is 0.455 e. The second kappa shape index (κ2) is 16.8. The zero-order valence-electron chi connectivity index (χ0n) is 36.2. The first kappa shape index (κ1) is 38.9. The van der Waals surface area contributed by atoms with E-state index in [2.05, 4.69) is 254 Å². The van der Waals surface area contributed by atoms with Crippen LogP contribution < -0.4 is 4.90 Å². The minimum absolute atomic E-state index is 0.896. The minimum atomic E-state index is 0.896. The van der Waals surface area contributed by atoms with Gasteiger partial charge in [0.25, 0.3) is 0 Å². The average Bonchev–Trinajstić information content (AvgIpc) is 3.79. The molecule has 0 aliphatic heterocycles. The average molecular weight is 842 g/mol. The van der Waals surface area contributed by atoms with E-state index in [0.29, 0.717) is 0 Å². The van der Waals surface area contributed by atoms with Crippen molar-refractivity contribution in [1.82, 2.24) is 0 Å². The van der Waals surface area contributed by atoms with Crippen LogP contribution in [0.15, 0.2) is 265 Å². The topological polar surface area (TPSA) is 16.4 Å². The van der Waals surface area contributed by atoms with Crippen molar-refractivity contribution in [2.45, 2.75) is 0 Å². The Balaban J connectivity index is 1.06. The summed E-state index contributed by atoms with van der Waals surface area (Å²) in [6, 6.07) is 94.0. The van der Waals surface area contributed by atoms with Crippen LogP contribution in [0.2, 0.25) is 0 Å². The zero-order chi connectivity index (χ0) is 43.8. The summed E-state index contributed by atoms with van der Waals surface area (Å²) >= 11 is 0. The van der Waals surface area contributed by atoms with Crippen LogP contribution in [0.5, 0.6) is 0 Å². The molecule has 0 aliphatic rings. The lowest BCUT2D eigenvalue weighted by molar-refractivity contribution is 0.670. The number of rotatable bonds is 9. The van der Waals surface area contributed by atoms with Crippen LogP contribution >= 0.6 is 0 Å². The van der Waals surface area contributed by atoms with Crippen molar-refractivity contribution < 1.29 is 4.42 Å². The van der Waals surface area contributed by atoms with Crippen molar-refractivity contribution >= 4 is 49.8 Å². The van der Waals surface area contributed by atoms with Crippen molar-refractivity contribution in [2.75, 3.05) is 4.90 Å². The molecule has 0 amide bonds. The van der Waals surface area contributed by atoms with Gasteiger partial charge in [-0.05, 0) is 109 Å². The fourth-order valence-corrected chi connectivity index (χ4v) is 9.78. The monoisotopic (exact) mass is 841 g/mol. The van der Waals surface area contributed by atoms with Gasteiger partial charge in [-0.1, -0.05) is 218 Å². The number of furan rings is 1. The maximum Gasteiger partial charge on any atom is 0.143 e. The molecule has 0 saturated carbocycles. The molecule has 0 radical (unpaired) electrons. The maximum atomic E-state index is 6.52. The second-order valence-corrected chi connectivity index (χ2v) is 16.8. The summed E-state index contributed by atoms with van der Waals surface area (Å²) in [4.78, 5) is 2.42. The Morgan fingerprint density at radius 1 is 0.258 bits per heavy atom. The smallest absolute Gasteiger partial charge is 0.143 e. The molecule has 2 heteroatoms. The van der Waals surface area contributed by atoms with Crippen LogP contribution in [0.1, 0.15) is 0 Å². The molecule has 12 rings (SSSR count). The normalized spacial score (nSPS) is 11.3. The van der Waals surface area contributed by atoms with Crippen LogP contribution in [-0.4, -0.2) is 0 Å². The third-order valence-corrected chi connectivity index (χ3v) is 12.9. The van der Waals surface area contributed by atoms with E-state index in [1.54, 1.807) is 0 Å². The highest BCUT2D eigenvalue weighted by Gasteiger charge is 2.22. The number of nitrogens with zero attached hydrogens (tertiary/aromatic N) is 1. The second-order valence-electron chi connectivity index (χ2n) is 16.8. The lowest BCUT2D eigenvalue weighted by Gasteiger charge is -2.29. The highest BCUT2D eigenvalue weighted by Crippen LogP contribution is 2.47. The van der Waals surface area contributed by atoms with E-state index in [-0.39, 0.29) is 0 Å². The highest BCUT2D eigenvalue weighted by molar-refractivity contribution is 6.10. The Bertz CT molecular complexity index is 3690. The molecule has 310 valence electrons. The summed E-state index contributed by atoms with van der Waals surface area (Å²) in [5.41, 5.74) is 18.9. The van der Waals surface area contributed by atoms with Gasteiger partial charge in [-0.15, -0.1) is 0 Å². The standard InChI is InChI=1S/C64H43NO/c1-3-18-44(19-4-1)48-38-41-57(61(43-48)56-28-10-9-27-53(56)45-20-5-2-6-21-45)58-29-11-13-34-62(58)65(51-25-15-24-49(42-51)54-31-16-23-46-22-7-8-26-52(46)54)50-39-36-47(37-40-50)55-32-17-33-60-59-30-12-14-35-63(59)66-64(55)60/h1-43H. The first-order valence-corrected chi connectivity index (χ1v) is 22.6. The first-order valence-electron chi connectivity index (χ1n) is 22.6. The quantitative estimate of drug-likeness (QED) is 0.144. The molecule has 0 N–H and O–H groups in total. The Kier molecular flexibility index (Phi) is 9.89. The van der Waals surface area contributed by atoms with Gasteiger partial charge in [0.2, 0.25) is 0 Å². The van der Waals surface area contributed by atoms with Crippen LogP contribution in [0.4, 0.5) is 17.1 Å². The molecule has 0 atom stereocenters. The van der Waals surface area contributed by atoms with Gasteiger partial charge in [-0.3, -0.25) is 0 Å². The Hall–Kier alpha value is -8.72. The lowest BCUT2D eigenvalue weighted by Crippen LogP contribution is -2.11. The van der Waals surface area contributed by atoms with Gasteiger partial charge in [0.1, 0.15) is 11.2 Å². The van der Waals surface area contributed by atoms with Gasteiger partial charge in [0.05, 0.1) is 5.69 Å². The highest BCUT2D eigenvalue weighted by atomic mass is 16.3. The molecule has 1 heterocycles. The lowest BCUT2D eigenvalue weighted by atomic mass is 9.86. The molecule has 0 bridgehead atoms. The van der Waals surface area contributed by atoms with Gasteiger partial charge in [0.15, 0.2) is 0 Å². The summed E-state index contributed by atoms with van der Waals surface area (Å²) in [5.74, 6) is 0. The van der Waals surface area contributed by atoms with Gasteiger partial charge in [-0.2, -0.15) is 0 Å². The first-order chi connectivity index (χ1) is 32.7. The van der Waals surface area contributed by atoms with Crippen molar-refractivity contribution in [2.24, 2.45) is 0 Å². The number of hydrogen-bond acceptors (Lipinski definition) is 2. The molecule has 0 spiro atoms. The van der Waals surface area contributed by atoms with E-state index < -0.39 is 0 Å². The molecule has 1 aromatic heterocycles. The summed E-state index contributed by atoms with van der Waals surface area (Å²) in [5, 5.41) is 4.70. The van der Waals surface area contributed by atoms with Crippen molar-refractivity contribution in [1.29, 1.82) is 0 Å². The number of para-hydroxylation sites is 3. The summed E-state index contributed by atoms with van der Waals surface area (Å²) in [7, 11) is 0. The van der Waals surface area contributed by atoms with E-state index in [4.69, 9.17) is 4.42 Å². The fourth-order valence-electron chi connectivity index (χ4n) is 9.78. The number of fused-ring (bicyclic) bond motifs is 4. The summed E-state index contributed by atoms with van der Waals surface area (Å²) < 4.78 is 6.52.